The number of hydrogen-bond acceptors (Lipinski definition) is 3. The van der Waals surface area contributed by atoms with E-state index in [2.05, 4.69) is 15.6 Å². The Kier molecular flexibility index (Phi) is 5.89. The van der Waals surface area contributed by atoms with Gasteiger partial charge >= 0.3 is 11.6 Å². The van der Waals surface area contributed by atoms with E-state index < -0.39 is 17.0 Å². The van der Waals surface area contributed by atoms with Gasteiger partial charge in [-0.1, -0.05) is 12.8 Å². The van der Waals surface area contributed by atoms with Crippen molar-refractivity contribution in [2.24, 2.45) is 11.3 Å². The lowest BCUT2D eigenvalue weighted by Crippen LogP contribution is -2.51. The first-order valence-electron chi connectivity index (χ1n) is 8.49. The zero-order valence-corrected chi connectivity index (χ0v) is 14.5. The molecule has 1 heterocycles. The molecule has 0 aliphatic heterocycles. The van der Waals surface area contributed by atoms with Gasteiger partial charge in [-0.25, -0.2) is 22.8 Å². The number of furan rings is 1. The molecular formula is C20H22N2O3. The summed E-state index contributed by atoms with van der Waals surface area (Å²) in [6.07, 6.45) is 10.3. The fourth-order valence-corrected chi connectivity index (χ4v) is 3.95. The van der Waals surface area contributed by atoms with Crippen LogP contribution in [0.5, 0.6) is 0 Å². The topological polar surface area (TPSA) is 48.2 Å². The van der Waals surface area contributed by atoms with E-state index in [0.717, 1.165) is 12.8 Å². The van der Waals surface area contributed by atoms with Crippen molar-refractivity contribution in [1.29, 1.82) is 0 Å². The quantitative estimate of drug-likeness (QED) is 0.445. The maximum absolute atomic E-state index is 12.9. The van der Waals surface area contributed by atoms with Crippen LogP contribution in [0.2, 0.25) is 0 Å². The summed E-state index contributed by atoms with van der Waals surface area (Å²) in [5.41, 5.74) is -2.40. The summed E-state index contributed by atoms with van der Waals surface area (Å²) in [4.78, 5) is 20.3. The third-order valence-electron chi connectivity index (χ3n) is 5.09. The molecule has 0 radical (unpaired) electrons. The molecule has 1 fully saturated rings. The van der Waals surface area contributed by atoms with Crippen LogP contribution in [-0.4, -0.2) is 18.2 Å². The van der Waals surface area contributed by atoms with E-state index >= 15 is 0 Å². The lowest BCUT2D eigenvalue weighted by Gasteiger charge is -2.40. The molecule has 0 aromatic carbocycles. The SMILES string of the molecule is [C-]#[N+]C(Cc1ccco1)([N+]#[C-])C1CCCCC1(CC#C)C(=O)OCC. The lowest BCUT2D eigenvalue weighted by atomic mass is 9.59. The highest BCUT2D eigenvalue weighted by molar-refractivity contribution is 5.78. The first-order valence-corrected chi connectivity index (χ1v) is 8.49. The Labute approximate surface area is 149 Å². The maximum atomic E-state index is 12.9. The first kappa shape index (κ1) is 18.6. The highest BCUT2D eigenvalue weighted by atomic mass is 16.5. The second-order valence-corrected chi connectivity index (χ2v) is 6.41. The Hall–Kier alpha value is -2.71. The van der Waals surface area contributed by atoms with Crippen molar-refractivity contribution in [3.05, 3.63) is 47.0 Å². The van der Waals surface area contributed by atoms with Crippen LogP contribution in [0, 0.1) is 36.8 Å². The van der Waals surface area contributed by atoms with Gasteiger partial charge in [-0.3, -0.25) is 4.79 Å². The summed E-state index contributed by atoms with van der Waals surface area (Å²) < 4.78 is 10.7. The number of carbonyl (C=O) groups excluding carboxylic acids is 1. The number of terminal acetylenes is 1. The monoisotopic (exact) mass is 338 g/mol. The van der Waals surface area contributed by atoms with Gasteiger partial charge < -0.3 is 9.15 Å². The molecule has 1 aromatic rings. The van der Waals surface area contributed by atoms with Crippen molar-refractivity contribution in [3.63, 3.8) is 0 Å². The van der Waals surface area contributed by atoms with E-state index in [-0.39, 0.29) is 25.4 Å². The van der Waals surface area contributed by atoms with Gasteiger partial charge in [0, 0.05) is 6.42 Å². The molecule has 0 spiro atoms. The van der Waals surface area contributed by atoms with Gasteiger partial charge in [-0.05, 0) is 31.9 Å². The molecule has 5 heteroatoms. The molecule has 0 bridgehead atoms. The molecule has 1 aromatic heterocycles. The standard InChI is InChI=1S/C20H22N2O3/c1-5-12-19(18(23)24-6-2)13-8-7-11-17(19)20(21-3,22-4)15-16-10-9-14-25-16/h1,9-10,14,17H,6-8,11-13,15H2,2H3. The van der Waals surface area contributed by atoms with Gasteiger partial charge in [-0.15, -0.1) is 12.3 Å². The summed E-state index contributed by atoms with van der Waals surface area (Å²) in [6.45, 7) is 17.5. The molecule has 0 N–H and O–H groups in total. The van der Waals surface area contributed by atoms with Crippen molar-refractivity contribution in [2.75, 3.05) is 6.61 Å². The number of esters is 1. The smallest absolute Gasteiger partial charge is 0.469 e. The summed E-state index contributed by atoms with van der Waals surface area (Å²) in [7, 11) is 0. The largest absolute Gasteiger partial charge is 0.493 e. The lowest BCUT2D eigenvalue weighted by molar-refractivity contribution is -0.163. The molecule has 1 saturated carbocycles. The van der Waals surface area contributed by atoms with Crippen LogP contribution in [0.25, 0.3) is 9.69 Å². The van der Waals surface area contributed by atoms with Crippen molar-refractivity contribution in [1.82, 2.24) is 0 Å². The number of ether oxygens (including phenoxy) is 1. The molecule has 2 rings (SSSR count). The van der Waals surface area contributed by atoms with E-state index in [4.69, 9.17) is 28.7 Å². The van der Waals surface area contributed by atoms with E-state index in [1.807, 2.05) is 0 Å². The van der Waals surface area contributed by atoms with Crippen LogP contribution in [0.3, 0.4) is 0 Å². The van der Waals surface area contributed by atoms with Gasteiger partial charge in [0.25, 0.3) is 0 Å². The average Bonchev–Trinajstić information content (AvgIpc) is 3.13. The van der Waals surface area contributed by atoms with Crippen LogP contribution >= 0.6 is 0 Å². The molecule has 1 aliphatic carbocycles. The minimum atomic E-state index is -1.41. The zero-order chi connectivity index (χ0) is 18.3. The summed E-state index contributed by atoms with van der Waals surface area (Å²) in [6, 6.07) is 3.48. The zero-order valence-electron chi connectivity index (χ0n) is 14.5. The van der Waals surface area contributed by atoms with E-state index in [1.54, 1.807) is 19.1 Å². The fourth-order valence-electron chi connectivity index (χ4n) is 3.95. The van der Waals surface area contributed by atoms with Gasteiger partial charge in [0.1, 0.15) is 11.7 Å². The summed E-state index contributed by atoms with van der Waals surface area (Å²) in [5, 5.41) is 0. The number of nitrogens with zero attached hydrogens (tertiary/aromatic N) is 2. The normalized spacial score (nSPS) is 23.0. The summed E-state index contributed by atoms with van der Waals surface area (Å²) >= 11 is 0. The summed E-state index contributed by atoms with van der Waals surface area (Å²) in [5.74, 6) is 2.30. The van der Waals surface area contributed by atoms with Gasteiger partial charge in [-0.2, -0.15) is 0 Å². The maximum Gasteiger partial charge on any atom is 0.493 e. The molecule has 5 nitrogen and oxygen atoms in total. The molecule has 2 atom stereocenters. The Morgan fingerprint density at radius 3 is 2.84 bits per heavy atom. The van der Waals surface area contributed by atoms with Crippen LogP contribution in [-0.2, 0) is 16.0 Å². The van der Waals surface area contributed by atoms with Crippen molar-refractivity contribution >= 4 is 5.97 Å². The third-order valence-corrected chi connectivity index (χ3v) is 5.09. The Morgan fingerprint density at radius 2 is 2.28 bits per heavy atom. The average molecular weight is 338 g/mol. The highest BCUT2D eigenvalue weighted by Gasteiger charge is 2.65. The van der Waals surface area contributed by atoms with E-state index in [9.17, 15) is 4.79 Å². The molecule has 1 aliphatic rings. The molecule has 130 valence electrons. The predicted molar refractivity (Wildman–Crippen MR) is 92.8 cm³/mol. The van der Waals surface area contributed by atoms with Gasteiger partial charge in [0.2, 0.25) is 0 Å². The molecule has 2 unspecified atom stereocenters. The van der Waals surface area contributed by atoms with Gasteiger partial charge in [0.05, 0.1) is 18.3 Å². The second-order valence-electron chi connectivity index (χ2n) is 6.41. The fraction of sp³-hybridized carbons (Fsp3) is 0.550. The second kappa shape index (κ2) is 7.91. The Bertz CT molecular complexity index is 704. The van der Waals surface area contributed by atoms with Crippen LogP contribution in [0.15, 0.2) is 22.8 Å². The first-order chi connectivity index (χ1) is 12.1. The van der Waals surface area contributed by atoms with Crippen LogP contribution in [0.1, 0.15) is 44.8 Å². The van der Waals surface area contributed by atoms with Gasteiger partial charge in [0.15, 0.2) is 6.42 Å². The molecular weight excluding hydrogens is 316 g/mol. The van der Waals surface area contributed by atoms with Crippen molar-refractivity contribution < 1.29 is 13.9 Å². The van der Waals surface area contributed by atoms with E-state index in [0.29, 0.717) is 18.6 Å². The van der Waals surface area contributed by atoms with Crippen LogP contribution in [0.4, 0.5) is 0 Å². The van der Waals surface area contributed by atoms with Crippen molar-refractivity contribution in [2.45, 2.75) is 51.1 Å². The molecule has 25 heavy (non-hydrogen) atoms. The molecule has 0 saturated heterocycles. The Morgan fingerprint density at radius 1 is 1.52 bits per heavy atom. The number of hydrogen-bond donors (Lipinski definition) is 0. The van der Waals surface area contributed by atoms with Crippen molar-refractivity contribution in [3.8, 4) is 12.3 Å². The number of carbonyl (C=O) groups is 1. The Balaban J connectivity index is 2.51. The van der Waals surface area contributed by atoms with Crippen LogP contribution < -0.4 is 0 Å². The highest BCUT2D eigenvalue weighted by Crippen LogP contribution is 2.52. The molecule has 0 amide bonds. The third kappa shape index (κ3) is 3.40. The number of rotatable bonds is 6. The van der Waals surface area contributed by atoms with E-state index in [1.165, 1.54) is 6.26 Å². The minimum absolute atomic E-state index is 0.142. The predicted octanol–water partition coefficient (Wildman–Crippen LogP) is 4.12. The minimum Gasteiger partial charge on any atom is -0.469 e.